The average Bonchev–Trinajstić information content (AvgIpc) is 4.06. The van der Waals surface area contributed by atoms with E-state index in [1.807, 2.05) is 54.6 Å². The normalized spacial score (nSPS) is 12.8. The predicted molar refractivity (Wildman–Crippen MR) is 292 cm³/mol. The van der Waals surface area contributed by atoms with E-state index in [9.17, 15) is 0 Å². The van der Waals surface area contributed by atoms with Crippen molar-refractivity contribution in [3.8, 4) is 84.4 Å². The van der Waals surface area contributed by atoms with Crippen molar-refractivity contribution in [2.24, 2.45) is 0 Å². The van der Waals surface area contributed by atoms with E-state index in [1.54, 1.807) is 0 Å². The smallest absolute Gasteiger partial charge is 0.164 e. The first-order valence-corrected chi connectivity index (χ1v) is 24.2. The Morgan fingerprint density at radius 1 is 0.338 bits per heavy atom. The molecule has 3 aromatic heterocycles. The first-order chi connectivity index (χ1) is 34.9. The molecule has 0 saturated heterocycles. The van der Waals surface area contributed by atoms with Gasteiger partial charge in [-0.25, -0.2) is 15.0 Å². The van der Waals surface area contributed by atoms with Crippen molar-refractivity contribution in [1.82, 2.24) is 19.5 Å². The van der Waals surface area contributed by atoms with E-state index in [1.165, 1.54) is 55.3 Å². The molecule has 0 bridgehead atoms. The fourth-order valence-electron chi connectivity index (χ4n) is 11.1. The number of benzene rings is 10. The van der Waals surface area contributed by atoms with Gasteiger partial charge in [0.2, 0.25) is 0 Å². The molecule has 71 heavy (non-hydrogen) atoms. The fourth-order valence-corrected chi connectivity index (χ4v) is 11.1. The third-order valence-electron chi connectivity index (χ3n) is 14.7. The molecule has 13 aromatic rings. The van der Waals surface area contributed by atoms with Crippen LogP contribution in [-0.4, -0.2) is 19.5 Å². The molecule has 0 atom stereocenters. The number of para-hydroxylation sites is 2. The Bertz CT molecular complexity index is 4260. The topological polar surface area (TPSA) is 56.7 Å². The lowest BCUT2D eigenvalue weighted by Gasteiger charge is -2.21. The lowest BCUT2D eigenvalue weighted by molar-refractivity contribution is 0.660. The predicted octanol–water partition coefficient (Wildman–Crippen LogP) is 17.2. The van der Waals surface area contributed by atoms with Gasteiger partial charge in [0.1, 0.15) is 11.2 Å². The van der Waals surface area contributed by atoms with Gasteiger partial charge in [0.05, 0.1) is 11.0 Å². The number of aromatic nitrogens is 4. The number of nitrogens with zero attached hydrogens (tertiary/aromatic N) is 4. The molecule has 10 aromatic carbocycles. The summed E-state index contributed by atoms with van der Waals surface area (Å²) in [5, 5.41) is 4.50. The van der Waals surface area contributed by atoms with Gasteiger partial charge in [-0.1, -0.05) is 190 Å². The van der Waals surface area contributed by atoms with E-state index in [2.05, 4.69) is 194 Å². The largest absolute Gasteiger partial charge is 0.456 e. The second-order valence-corrected chi connectivity index (χ2v) is 19.2. The second kappa shape index (κ2) is 15.9. The first kappa shape index (κ1) is 40.8. The second-order valence-electron chi connectivity index (χ2n) is 19.2. The Labute approximate surface area is 411 Å². The van der Waals surface area contributed by atoms with Gasteiger partial charge in [-0.05, 0) is 105 Å². The van der Waals surface area contributed by atoms with Crippen LogP contribution in [0, 0.1) is 0 Å². The third-order valence-corrected chi connectivity index (χ3v) is 14.7. The van der Waals surface area contributed by atoms with Crippen LogP contribution < -0.4 is 0 Å². The van der Waals surface area contributed by atoms with Crippen molar-refractivity contribution in [1.29, 1.82) is 0 Å². The van der Waals surface area contributed by atoms with E-state index >= 15 is 0 Å². The number of furan rings is 1. The summed E-state index contributed by atoms with van der Waals surface area (Å²) >= 11 is 0. The monoisotopic (exact) mass is 908 g/mol. The van der Waals surface area contributed by atoms with Gasteiger partial charge in [0.25, 0.3) is 0 Å². The fraction of sp³-hybridized carbons (Fsp3) is 0.0455. The lowest BCUT2D eigenvalue weighted by atomic mass is 9.82. The van der Waals surface area contributed by atoms with Crippen LogP contribution in [0.3, 0.4) is 0 Å². The zero-order valence-electron chi connectivity index (χ0n) is 39.1. The summed E-state index contributed by atoms with van der Waals surface area (Å²) < 4.78 is 8.76. The molecule has 1 aliphatic rings. The van der Waals surface area contributed by atoms with Gasteiger partial charge in [-0.2, -0.15) is 0 Å². The minimum atomic E-state index is -0.0474. The molecule has 3 heterocycles. The van der Waals surface area contributed by atoms with E-state index < -0.39 is 0 Å². The summed E-state index contributed by atoms with van der Waals surface area (Å²) in [7, 11) is 0. The van der Waals surface area contributed by atoms with Crippen LogP contribution in [0.2, 0.25) is 0 Å². The molecule has 0 unspecified atom stereocenters. The van der Waals surface area contributed by atoms with E-state index in [-0.39, 0.29) is 5.41 Å². The summed E-state index contributed by atoms with van der Waals surface area (Å²) in [5.74, 6) is 1.76. The molecular formula is C66H44N4O. The highest BCUT2D eigenvalue weighted by atomic mass is 16.3. The van der Waals surface area contributed by atoms with Crippen molar-refractivity contribution in [2.45, 2.75) is 19.3 Å². The standard InChI is InChI=1S/C66H44N4O/c1-66(2)57-28-11-9-24-51(57)55-38-45(31-34-58(55)66)43-20-13-21-46(36-43)50-26-15-27-54-56-39-44(41-16-5-3-6-17-41)32-35-59(56)70(62(50)54)49-23-14-22-47(37-49)64-67-63(42-18-7-4-8-19-42)68-65(69-64)48-30-33-53-52-25-10-12-29-60(52)71-61(53)40-48/h3-40H,1-2H3. The molecular weight excluding hydrogens is 865 g/mol. The zero-order chi connectivity index (χ0) is 47.2. The van der Waals surface area contributed by atoms with Crippen LogP contribution in [0.5, 0.6) is 0 Å². The summed E-state index contributed by atoms with van der Waals surface area (Å²) in [6, 6.07) is 82.3. The van der Waals surface area contributed by atoms with Crippen LogP contribution in [0.1, 0.15) is 25.0 Å². The molecule has 334 valence electrons. The Balaban J connectivity index is 0.944. The number of hydrogen-bond donors (Lipinski definition) is 0. The lowest BCUT2D eigenvalue weighted by Crippen LogP contribution is -2.14. The summed E-state index contributed by atoms with van der Waals surface area (Å²) in [6.07, 6.45) is 0. The van der Waals surface area contributed by atoms with Crippen molar-refractivity contribution in [3.63, 3.8) is 0 Å². The maximum Gasteiger partial charge on any atom is 0.164 e. The Morgan fingerprint density at radius 2 is 0.901 bits per heavy atom. The minimum absolute atomic E-state index is 0.0474. The molecule has 5 nitrogen and oxygen atoms in total. The molecule has 5 heteroatoms. The molecule has 14 rings (SSSR count). The molecule has 0 saturated carbocycles. The molecule has 0 N–H and O–H groups in total. The molecule has 1 aliphatic carbocycles. The maximum absolute atomic E-state index is 6.33. The van der Waals surface area contributed by atoms with Crippen LogP contribution in [0.15, 0.2) is 235 Å². The van der Waals surface area contributed by atoms with Crippen LogP contribution in [0.25, 0.3) is 128 Å². The minimum Gasteiger partial charge on any atom is -0.456 e. The Hall–Kier alpha value is -9.19. The van der Waals surface area contributed by atoms with Gasteiger partial charge in [0, 0.05) is 54.9 Å². The van der Waals surface area contributed by atoms with Crippen LogP contribution in [-0.2, 0) is 5.41 Å². The van der Waals surface area contributed by atoms with Gasteiger partial charge >= 0.3 is 0 Å². The van der Waals surface area contributed by atoms with Crippen molar-refractivity contribution < 1.29 is 4.42 Å². The third kappa shape index (κ3) is 6.65. The number of rotatable bonds is 7. The summed E-state index contributed by atoms with van der Waals surface area (Å²) in [5.41, 5.74) is 19.9. The Morgan fingerprint density at radius 3 is 1.75 bits per heavy atom. The van der Waals surface area contributed by atoms with Gasteiger partial charge in [-0.15, -0.1) is 0 Å². The molecule has 0 aliphatic heterocycles. The highest BCUT2D eigenvalue weighted by molar-refractivity contribution is 6.15. The van der Waals surface area contributed by atoms with Crippen LogP contribution in [0.4, 0.5) is 0 Å². The summed E-state index contributed by atoms with van der Waals surface area (Å²) in [4.78, 5) is 15.5. The molecule has 0 fully saturated rings. The molecule has 0 amide bonds. The summed E-state index contributed by atoms with van der Waals surface area (Å²) in [6.45, 7) is 4.67. The van der Waals surface area contributed by atoms with Gasteiger partial charge in [-0.3, -0.25) is 0 Å². The molecule has 0 radical (unpaired) electrons. The van der Waals surface area contributed by atoms with Gasteiger partial charge in [0.15, 0.2) is 17.5 Å². The van der Waals surface area contributed by atoms with Gasteiger partial charge < -0.3 is 8.98 Å². The SMILES string of the molecule is CC1(C)c2ccccc2-c2cc(-c3cccc(-c4cccc5c6cc(-c7ccccc7)ccc6n(-c6cccc(-c7nc(-c8ccccc8)nc(-c8ccc9c(c8)oc8ccccc89)n7)c6)c45)c3)ccc21. The van der Waals surface area contributed by atoms with Crippen molar-refractivity contribution in [2.75, 3.05) is 0 Å². The molecule has 0 spiro atoms. The first-order valence-electron chi connectivity index (χ1n) is 24.2. The number of fused-ring (bicyclic) bond motifs is 9. The van der Waals surface area contributed by atoms with Crippen molar-refractivity contribution in [3.05, 3.63) is 242 Å². The Kier molecular flexibility index (Phi) is 9.17. The highest BCUT2D eigenvalue weighted by Crippen LogP contribution is 2.50. The number of hydrogen-bond acceptors (Lipinski definition) is 4. The van der Waals surface area contributed by atoms with E-state index in [0.717, 1.165) is 66.5 Å². The quantitative estimate of drug-likeness (QED) is 0.160. The van der Waals surface area contributed by atoms with Crippen molar-refractivity contribution >= 4 is 43.7 Å². The van der Waals surface area contributed by atoms with Crippen LogP contribution >= 0.6 is 0 Å². The maximum atomic E-state index is 6.33. The van der Waals surface area contributed by atoms with E-state index in [4.69, 9.17) is 19.4 Å². The van der Waals surface area contributed by atoms with E-state index in [0.29, 0.717) is 17.5 Å². The highest BCUT2D eigenvalue weighted by Gasteiger charge is 2.35. The average molecular weight is 909 g/mol. The zero-order valence-corrected chi connectivity index (χ0v) is 39.1.